The zero-order valence-corrected chi connectivity index (χ0v) is 16.9. The summed E-state index contributed by atoms with van der Waals surface area (Å²) in [6.45, 7) is 2.99. The molecular formula is C22H24ClN3O3. The van der Waals surface area contributed by atoms with Gasteiger partial charge in [0.25, 0.3) is 0 Å². The molecule has 0 bridgehead atoms. The van der Waals surface area contributed by atoms with Gasteiger partial charge in [-0.2, -0.15) is 0 Å². The van der Waals surface area contributed by atoms with E-state index in [1.807, 2.05) is 6.07 Å². The maximum absolute atomic E-state index is 12.6. The van der Waals surface area contributed by atoms with E-state index in [9.17, 15) is 9.59 Å². The van der Waals surface area contributed by atoms with Crippen LogP contribution in [0.15, 0.2) is 48.5 Å². The molecule has 2 heterocycles. The molecule has 0 saturated carbocycles. The number of piperidine rings is 1. The van der Waals surface area contributed by atoms with E-state index in [1.54, 1.807) is 23.1 Å². The van der Waals surface area contributed by atoms with Gasteiger partial charge in [-0.1, -0.05) is 41.9 Å². The van der Waals surface area contributed by atoms with Gasteiger partial charge in [0.2, 0.25) is 5.91 Å². The molecule has 1 N–H and O–H groups in total. The van der Waals surface area contributed by atoms with Crippen molar-refractivity contribution in [3.8, 4) is 5.75 Å². The van der Waals surface area contributed by atoms with Crippen molar-refractivity contribution in [3.63, 3.8) is 0 Å². The van der Waals surface area contributed by atoms with Gasteiger partial charge in [0.1, 0.15) is 6.54 Å². The van der Waals surface area contributed by atoms with Gasteiger partial charge in [0, 0.05) is 30.7 Å². The van der Waals surface area contributed by atoms with Crippen molar-refractivity contribution < 1.29 is 14.3 Å². The summed E-state index contributed by atoms with van der Waals surface area (Å²) in [6.07, 6.45) is 1.84. The molecule has 29 heavy (non-hydrogen) atoms. The summed E-state index contributed by atoms with van der Waals surface area (Å²) in [6, 6.07) is 15.6. The quantitative estimate of drug-likeness (QED) is 0.603. The molecule has 2 aliphatic rings. The zero-order valence-electron chi connectivity index (χ0n) is 16.1. The number of esters is 1. The molecule has 2 aromatic rings. The van der Waals surface area contributed by atoms with Crippen LogP contribution in [0, 0.1) is 0 Å². The van der Waals surface area contributed by atoms with E-state index in [1.165, 1.54) is 5.56 Å². The predicted octanol–water partition coefficient (Wildman–Crippen LogP) is 2.85. The first-order valence-corrected chi connectivity index (χ1v) is 10.3. The van der Waals surface area contributed by atoms with Crippen molar-refractivity contribution in [1.82, 2.24) is 10.2 Å². The number of ether oxygens (including phenoxy) is 1. The Hall–Kier alpha value is -2.57. The maximum Gasteiger partial charge on any atom is 0.331 e. The Bertz CT molecular complexity index is 882. The van der Waals surface area contributed by atoms with Gasteiger partial charge in [-0.3, -0.25) is 9.69 Å². The summed E-state index contributed by atoms with van der Waals surface area (Å²) in [5.41, 5.74) is 1.98. The van der Waals surface area contributed by atoms with Crippen molar-refractivity contribution in [1.29, 1.82) is 0 Å². The van der Waals surface area contributed by atoms with E-state index in [2.05, 4.69) is 34.5 Å². The highest BCUT2D eigenvalue weighted by Gasteiger charge is 2.27. The van der Waals surface area contributed by atoms with Crippen molar-refractivity contribution in [2.45, 2.75) is 25.4 Å². The van der Waals surface area contributed by atoms with E-state index >= 15 is 0 Å². The van der Waals surface area contributed by atoms with Crippen LogP contribution < -0.4 is 15.0 Å². The zero-order chi connectivity index (χ0) is 20.2. The van der Waals surface area contributed by atoms with Crippen LogP contribution in [0.25, 0.3) is 0 Å². The van der Waals surface area contributed by atoms with Gasteiger partial charge in [-0.05, 0) is 36.6 Å². The molecule has 7 heteroatoms. The molecule has 1 amide bonds. The average molecular weight is 414 g/mol. The molecule has 1 saturated heterocycles. The number of halogens is 1. The Morgan fingerprint density at radius 2 is 1.90 bits per heavy atom. The molecule has 0 radical (unpaired) electrons. The van der Waals surface area contributed by atoms with Gasteiger partial charge >= 0.3 is 5.97 Å². The van der Waals surface area contributed by atoms with Gasteiger partial charge in [0.05, 0.1) is 12.2 Å². The summed E-state index contributed by atoms with van der Waals surface area (Å²) < 4.78 is 5.23. The minimum Gasteiger partial charge on any atom is -0.423 e. The molecule has 0 atom stereocenters. The van der Waals surface area contributed by atoms with Crippen molar-refractivity contribution in [2.24, 2.45) is 0 Å². The number of hydrogen-bond acceptors (Lipinski definition) is 5. The molecule has 0 spiro atoms. The molecule has 152 valence electrons. The summed E-state index contributed by atoms with van der Waals surface area (Å²) in [7, 11) is 0. The SMILES string of the molecule is O=C(CN1CC(=O)Oc2ccc(Cl)cc21)NC1CCN(Cc2ccccc2)CC1. The highest BCUT2D eigenvalue weighted by Crippen LogP contribution is 2.34. The normalized spacial score (nSPS) is 17.6. The van der Waals surface area contributed by atoms with Crippen LogP contribution in [-0.4, -0.2) is 49.0 Å². The van der Waals surface area contributed by atoms with Crippen molar-refractivity contribution in [3.05, 3.63) is 59.1 Å². The van der Waals surface area contributed by atoms with Gasteiger partial charge < -0.3 is 15.0 Å². The van der Waals surface area contributed by atoms with E-state index < -0.39 is 0 Å². The number of likely N-dealkylation sites (tertiary alicyclic amines) is 1. The fourth-order valence-electron chi connectivity index (χ4n) is 3.88. The molecule has 4 rings (SSSR count). The van der Waals surface area contributed by atoms with Crippen LogP contribution in [0.5, 0.6) is 5.75 Å². The Balaban J connectivity index is 1.29. The summed E-state index contributed by atoms with van der Waals surface area (Å²) in [5, 5.41) is 3.66. The lowest BCUT2D eigenvalue weighted by Gasteiger charge is -2.33. The second-order valence-corrected chi connectivity index (χ2v) is 7.98. The Labute approximate surface area is 175 Å². The fourth-order valence-corrected chi connectivity index (χ4v) is 4.05. The van der Waals surface area contributed by atoms with Crippen LogP contribution in [0.1, 0.15) is 18.4 Å². The number of rotatable bonds is 5. The third-order valence-corrected chi connectivity index (χ3v) is 5.58. The third-order valence-electron chi connectivity index (χ3n) is 5.34. The van der Waals surface area contributed by atoms with Gasteiger partial charge in [-0.15, -0.1) is 0 Å². The second kappa shape index (κ2) is 8.84. The van der Waals surface area contributed by atoms with Gasteiger partial charge in [-0.25, -0.2) is 4.79 Å². The Morgan fingerprint density at radius 3 is 2.66 bits per heavy atom. The van der Waals surface area contributed by atoms with Crippen LogP contribution in [0.4, 0.5) is 5.69 Å². The molecule has 0 unspecified atom stereocenters. The molecule has 0 aliphatic carbocycles. The smallest absolute Gasteiger partial charge is 0.331 e. The van der Waals surface area contributed by atoms with Crippen LogP contribution in [0.3, 0.4) is 0 Å². The number of carbonyl (C=O) groups excluding carboxylic acids is 2. The number of nitrogens with zero attached hydrogens (tertiary/aromatic N) is 2. The molecule has 2 aromatic carbocycles. The summed E-state index contributed by atoms with van der Waals surface area (Å²) in [5.74, 6) is -0.0263. The molecular weight excluding hydrogens is 390 g/mol. The number of anilines is 1. The molecule has 1 fully saturated rings. The highest BCUT2D eigenvalue weighted by atomic mass is 35.5. The first-order chi connectivity index (χ1) is 14.1. The number of amides is 1. The number of benzene rings is 2. The first kappa shape index (κ1) is 19.7. The minimum absolute atomic E-state index is 0.0380. The predicted molar refractivity (Wildman–Crippen MR) is 112 cm³/mol. The largest absolute Gasteiger partial charge is 0.423 e. The van der Waals surface area contributed by atoms with E-state index in [4.69, 9.17) is 16.3 Å². The number of nitrogens with one attached hydrogen (secondary N) is 1. The third kappa shape index (κ3) is 5.08. The van der Waals surface area contributed by atoms with E-state index in [0.717, 1.165) is 32.5 Å². The van der Waals surface area contributed by atoms with E-state index in [0.29, 0.717) is 16.5 Å². The first-order valence-electron chi connectivity index (χ1n) is 9.87. The summed E-state index contributed by atoms with van der Waals surface area (Å²) in [4.78, 5) is 28.6. The number of hydrogen-bond donors (Lipinski definition) is 1. The Morgan fingerprint density at radius 1 is 1.14 bits per heavy atom. The summed E-state index contributed by atoms with van der Waals surface area (Å²) >= 11 is 6.07. The standard InChI is InChI=1S/C22H24ClN3O3/c23-17-6-7-20-19(12-17)26(15-22(28)29-20)14-21(27)24-18-8-10-25(11-9-18)13-16-4-2-1-3-5-16/h1-7,12,18H,8-11,13-15H2,(H,24,27). The monoisotopic (exact) mass is 413 g/mol. The molecule has 6 nitrogen and oxygen atoms in total. The van der Waals surface area contributed by atoms with Crippen molar-refractivity contribution in [2.75, 3.05) is 31.1 Å². The maximum atomic E-state index is 12.6. The van der Waals surface area contributed by atoms with Crippen LogP contribution >= 0.6 is 11.6 Å². The topological polar surface area (TPSA) is 61.9 Å². The number of fused-ring (bicyclic) bond motifs is 1. The highest BCUT2D eigenvalue weighted by molar-refractivity contribution is 6.31. The lowest BCUT2D eigenvalue weighted by atomic mass is 10.0. The van der Waals surface area contributed by atoms with Crippen LogP contribution in [0.2, 0.25) is 5.02 Å². The second-order valence-electron chi connectivity index (χ2n) is 7.55. The van der Waals surface area contributed by atoms with E-state index in [-0.39, 0.29) is 31.0 Å². The average Bonchev–Trinajstić information content (AvgIpc) is 2.71. The van der Waals surface area contributed by atoms with Crippen LogP contribution in [-0.2, 0) is 16.1 Å². The van der Waals surface area contributed by atoms with Crippen molar-refractivity contribution >= 4 is 29.2 Å². The molecule has 2 aliphatic heterocycles. The lowest BCUT2D eigenvalue weighted by molar-refractivity contribution is -0.133. The Kier molecular flexibility index (Phi) is 6.02. The van der Waals surface area contributed by atoms with Gasteiger partial charge in [0.15, 0.2) is 5.75 Å². The lowest BCUT2D eigenvalue weighted by Crippen LogP contribution is -2.49. The molecule has 0 aromatic heterocycles. The minimum atomic E-state index is -0.373. The fraction of sp³-hybridized carbons (Fsp3) is 0.364. The number of carbonyl (C=O) groups is 2.